The fourth-order valence-electron chi connectivity index (χ4n) is 1.81. The zero-order valence-corrected chi connectivity index (χ0v) is 10.9. The summed E-state index contributed by atoms with van der Waals surface area (Å²) in [5.41, 5.74) is 7.07. The van der Waals surface area contributed by atoms with Gasteiger partial charge in [0.2, 0.25) is 0 Å². The molecule has 0 saturated carbocycles. The van der Waals surface area contributed by atoms with Gasteiger partial charge >= 0.3 is 0 Å². The highest BCUT2D eigenvalue weighted by molar-refractivity contribution is 5.51. The van der Waals surface area contributed by atoms with Crippen LogP contribution in [-0.4, -0.2) is 21.3 Å². The fourth-order valence-corrected chi connectivity index (χ4v) is 1.81. The minimum atomic E-state index is -0.0465. The summed E-state index contributed by atoms with van der Waals surface area (Å²) in [6.45, 7) is 2.10. The number of benzene rings is 1. The summed E-state index contributed by atoms with van der Waals surface area (Å²) in [7, 11) is 4.84. The normalized spacial score (nSPS) is 12.1. The zero-order valence-electron chi connectivity index (χ0n) is 10.9. The van der Waals surface area contributed by atoms with Crippen molar-refractivity contribution in [1.82, 2.24) is 0 Å². The first kappa shape index (κ1) is 13.6. The number of rotatable bonds is 6. The average molecular weight is 239 g/mol. The second kappa shape index (κ2) is 6.35. The second-order valence-corrected chi connectivity index (χ2v) is 3.84. The molecule has 2 N–H and O–H groups in total. The molecular formula is C13H21NO3. The van der Waals surface area contributed by atoms with Gasteiger partial charge < -0.3 is 19.9 Å². The van der Waals surface area contributed by atoms with Crippen molar-refractivity contribution in [2.45, 2.75) is 25.8 Å². The Kier molecular flexibility index (Phi) is 5.10. The molecule has 1 atom stereocenters. The lowest BCUT2D eigenvalue weighted by molar-refractivity contribution is 0.346. The van der Waals surface area contributed by atoms with Gasteiger partial charge in [-0.1, -0.05) is 13.3 Å². The van der Waals surface area contributed by atoms with Crippen LogP contribution in [0.15, 0.2) is 12.1 Å². The van der Waals surface area contributed by atoms with Crippen LogP contribution in [-0.2, 0) is 0 Å². The standard InChI is InChI=1S/C13H21NO3/c1-5-6-10(14)9-7-12(16-3)13(17-4)8-11(9)15-2/h7-8,10H,5-6,14H2,1-4H3. The van der Waals surface area contributed by atoms with Gasteiger partial charge in [-0.15, -0.1) is 0 Å². The predicted molar refractivity (Wildman–Crippen MR) is 67.9 cm³/mol. The maximum atomic E-state index is 6.12. The van der Waals surface area contributed by atoms with E-state index in [9.17, 15) is 0 Å². The van der Waals surface area contributed by atoms with Gasteiger partial charge in [0.15, 0.2) is 11.5 Å². The van der Waals surface area contributed by atoms with Gasteiger partial charge in [-0.3, -0.25) is 0 Å². The molecular weight excluding hydrogens is 218 g/mol. The molecule has 1 rings (SSSR count). The van der Waals surface area contributed by atoms with E-state index in [1.807, 2.05) is 12.1 Å². The van der Waals surface area contributed by atoms with Crippen molar-refractivity contribution < 1.29 is 14.2 Å². The molecule has 17 heavy (non-hydrogen) atoms. The van der Waals surface area contributed by atoms with E-state index < -0.39 is 0 Å². The molecule has 1 unspecified atom stereocenters. The Balaban J connectivity index is 3.18. The van der Waals surface area contributed by atoms with E-state index in [-0.39, 0.29) is 6.04 Å². The van der Waals surface area contributed by atoms with Crippen molar-refractivity contribution in [3.05, 3.63) is 17.7 Å². The lowest BCUT2D eigenvalue weighted by atomic mass is 10.0. The van der Waals surface area contributed by atoms with Crippen LogP contribution < -0.4 is 19.9 Å². The zero-order chi connectivity index (χ0) is 12.8. The van der Waals surface area contributed by atoms with Crippen LogP contribution in [0.4, 0.5) is 0 Å². The van der Waals surface area contributed by atoms with Crippen molar-refractivity contribution >= 4 is 0 Å². The van der Waals surface area contributed by atoms with Crippen LogP contribution in [0.1, 0.15) is 31.4 Å². The van der Waals surface area contributed by atoms with Crippen LogP contribution in [0.3, 0.4) is 0 Å². The molecule has 0 saturated heterocycles. The number of hydrogen-bond acceptors (Lipinski definition) is 4. The molecule has 0 aromatic heterocycles. The fraction of sp³-hybridized carbons (Fsp3) is 0.538. The van der Waals surface area contributed by atoms with Crippen molar-refractivity contribution in [2.24, 2.45) is 5.73 Å². The first-order chi connectivity index (χ1) is 8.17. The SMILES string of the molecule is CCCC(N)c1cc(OC)c(OC)cc1OC. The summed E-state index contributed by atoms with van der Waals surface area (Å²) in [5.74, 6) is 2.07. The minimum Gasteiger partial charge on any atom is -0.496 e. The molecule has 0 radical (unpaired) electrons. The highest BCUT2D eigenvalue weighted by Crippen LogP contribution is 2.37. The van der Waals surface area contributed by atoms with Crippen LogP contribution in [0.5, 0.6) is 17.2 Å². The molecule has 0 amide bonds. The Labute approximate surface area is 103 Å². The Morgan fingerprint density at radius 3 is 2.00 bits per heavy atom. The van der Waals surface area contributed by atoms with Crippen molar-refractivity contribution in [3.63, 3.8) is 0 Å². The van der Waals surface area contributed by atoms with E-state index >= 15 is 0 Å². The smallest absolute Gasteiger partial charge is 0.164 e. The molecule has 0 heterocycles. The lowest BCUT2D eigenvalue weighted by Crippen LogP contribution is -2.11. The van der Waals surface area contributed by atoms with Crippen LogP contribution in [0.25, 0.3) is 0 Å². The molecule has 96 valence electrons. The monoisotopic (exact) mass is 239 g/mol. The lowest BCUT2D eigenvalue weighted by Gasteiger charge is -2.18. The van der Waals surface area contributed by atoms with Gasteiger partial charge in [0, 0.05) is 17.7 Å². The Hall–Kier alpha value is -1.42. The van der Waals surface area contributed by atoms with Gasteiger partial charge in [-0.05, 0) is 12.5 Å². The van der Waals surface area contributed by atoms with Crippen LogP contribution in [0.2, 0.25) is 0 Å². The number of ether oxygens (including phenoxy) is 3. The summed E-state index contributed by atoms with van der Waals surface area (Å²) in [6, 6.07) is 3.65. The van der Waals surface area contributed by atoms with Gasteiger partial charge in [0.25, 0.3) is 0 Å². The van der Waals surface area contributed by atoms with Crippen molar-refractivity contribution in [3.8, 4) is 17.2 Å². The quantitative estimate of drug-likeness (QED) is 0.828. The summed E-state index contributed by atoms with van der Waals surface area (Å²) in [4.78, 5) is 0. The highest BCUT2D eigenvalue weighted by atomic mass is 16.5. The number of hydrogen-bond donors (Lipinski definition) is 1. The topological polar surface area (TPSA) is 53.7 Å². The van der Waals surface area contributed by atoms with Crippen molar-refractivity contribution in [1.29, 1.82) is 0 Å². The third-order valence-electron chi connectivity index (χ3n) is 2.74. The minimum absolute atomic E-state index is 0.0465. The van der Waals surface area contributed by atoms with Gasteiger partial charge in [-0.2, -0.15) is 0 Å². The van der Waals surface area contributed by atoms with Crippen LogP contribution >= 0.6 is 0 Å². The molecule has 4 nitrogen and oxygen atoms in total. The van der Waals surface area contributed by atoms with E-state index in [4.69, 9.17) is 19.9 Å². The van der Waals surface area contributed by atoms with E-state index in [0.717, 1.165) is 24.2 Å². The van der Waals surface area contributed by atoms with Gasteiger partial charge in [0.1, 0.15) is 5.75 Å². The maximum Gasteiger partial charge on any atom is 0.164 e. The maximum absolute atomic E-state index is 6.12. The molecule has 1 aromatic rings. The summed E-state index contributed by atoms with van der Waals surface area (Å²) < 4.78 is 15.8. The van der Waals surface area contributed by atoms with E-state index in [0.29, 0.717) is 11.5 Å². The van der Waals surface area contributed by atoms with Crippen molar-refractivity contribution in [2.75, 3.05) is 21.3 Å². The third kappa shape index (κ3) is 3.03. The molecule has 0 bridgehead atoms. The molecule has 1 aromatic carbocycles. The van der Waals surface area contributed by atoms with E-state index in [2.05, 4.69) is 6.92 Å². The van der Waals surface area contributed by atoms with E-state index in [1.54, 1.807) is 21.3 Å². The average Bonchev–Trinajstić information content (AvgIpc) is 2.37. The Morgan fingerprint density at radius 2 is 1.53 bits per heavy atom. The molecule has 0 aliphatic carbocycles. The largest absolute Gasteiger partial charge is 0.496 e. The molecule has 0 fully saturated rings. The summed E-state index contributed by atoms with van der Waals surface area (Å²) >= 11 is 0. The van der Waals surface area contributed by atoms with E-state index in [1.165, 1.54) is 0 Å². The predicted octanol–water partition coefficient (Wildman–Crippen LogP) is 2.51. The molecule has 0 aliphatic heterocycles. The Bertz CT molecular complexity index is 366. The van der Waals surface area contributed by atoms with Gasteiger partial charge in [-0.25, -0.2) is 0 Å². The highest BCUT2D eigenvalue weighted by Gasteiger charge is 2.16. The molecule has 4 heteroatoms. The first-order valence-corrected chi connectivity index (χ1v) is 5.73. The summed E-state index contributed by atoms with van der Waals surface area (Å²) in [5, 5.41) is 0. The van der Waals surface area contributed by atoms with Crippen LogP contribution in [0, 0.1) is 0 Å². The Morgan fingerprint density at radius 1 is 1.00 bits per heavy atom. The number of nitrogens with two attached hydrogens (primary N) is 1. The summed E-state index contributed by atoms with van der Waals surface area (Å²) in [6.07, 6.45) is 1.94. The molecule has 0 aliphatic rings. The second-order valence-electron chi connectivity index (χ2n) is 3.84. The molecule has 0 spiro atoms. The number of methoxy groups -OCH3 is 3. The first-order valence-electron chi connectivity index (χ1n) is 5.73. The van der Waals surface area contributed by atoms with Gasteiger partial charge in [0.05, 0.1) is 21.3 Å². The third-order valence-corrected chi connectivity index (χ3v) is 2.74.